The van der Waals surface area contributed by atoms with Crippen molar-refractivity contribution < 1.29 is 41.8 Å². The van der Waals surface area contributed by atoms with Crippen molar-refractivity contribution in [2.24, 2.45) is 11.3 Å². The number of fused-ring (bicyclic) bond motifs is 4. The molecule has 1 saturated carbocycles. The van der Waals surface area contributed by atoms with E-state index < -0.39 is 50.3 Å². The minimum atomic E-state index is -3.66. The molecule has 1 saturated heterocycles. The third kappa shape index (κ3) is 6.34. The summed E-state index contributed by atoms with van der Waals surface area (Å²) >= 11 is 0. The first-order valence-corrected chi connectivity index (χ1v) is 17.9. The summed E-state index contributed by atoms with van der Waals surface area (Å²) in [5, 5.41) is -0.710. The van der Waals surface area contributed by atoms with Crippen molar-refractivity contribution in [3.05, 3.63) is 35.4 Å². The van der Waals surface area contributed by atoms with Crippen LogP contribution in [-0.2, 0) is 37.3 Å². The molecule has 0 spiro atoms. The smallest absolute Gasteiger partial charge is 0.410 e. The average molecular weight is 658 g/mol. The quantitative estimate of drug-likeness (QED) is 0.432. The van der Waals surface area contributed by atoms with Crippen LogP contribution in [0.4, 0.5) is 9.59 Å². The molecular weight excluding hydrogens is 614 g/mol. The van der Waals surface area contributed by atoms with Crippen molar-refractivity contribution in [1.82, 2.24) is 14.7 Å². The van der Waals surface area contributed by atoms with Gasteiger partial charge in [0.1, 0.15) is 11.9 Å². The minimum Gasteiger partial charge on any atom is -0.454 e. The van der Waals surface area contributed by atoms with Gasteiger partial charge in [0.25, 0.3) is 0 Å². The fourth-order valence-corrected chi connectivity index (χ4v) is 8.01. The molecule has 0 radical (unpaired) electrons. The molecule has 1 aromatic carbocycles. The Bertz CT molecular complexity index is 1520. The van der Waals surface area contributed by atoms with E-state index in [4.69, 9.17) is 14.2 Å². The standard InChI is InChI=1S/C33H43N3O9S/c1-21(2)46(41,42)19-30(38)33-14-24(33)9-7-5-4-6-8-10-34(3)31(39)36-18-25(13-26(36)27(37)15-33)45-32(40)35-16-22-11-28-29(44-20-43-28)12-23(22)17-35/h7,9,11-12,21,24-26H,4-6,8,10,13-20H2,1-3H3/b9-7-/t24-,25?,26+,33-/m1/s1. The molecule has 1 aliphatic carbocycles. The molecule has 0 bridgehead atoms. The van der Waals surface area contributed by atoms with Gasteiger partial charge in [-0.2, -0.15) is 0 Å². The molecule has 4 aliphatic heterocycles. The van der Waals surface area contributed by atoms with E-state index in [0.717, 1.165) is 36.8 Å². The van der Waals surface area contributed by atoms with Crippen LogP contribution in [0.15, 0.2) is 24.3 Å². The summed E-state index contributed by atoms with van der Waals surface area (Å²) in [6.45, 7) is 4.50. The maximum Gasteiger partial charge on any atom is 0.410 e. The minimum absolute atomic E-state index is 0.0497. The van der Waals surface area contributed by atoms with Gasteiger partial charge in [0.05, 0.1) is 17.8 Å². The van der Waals surface area contributed by atoms with E-state index >= 15 is 0 Å². The first-order chi connectivity index (χ1) is 21.9. The summed E-state index contributed by atoms with van der Waals surface area (Å²) in [6.07, 6.45) is 6.50. The molecule has 3 amide bonds. The predicted octanol–water partition coefficient (Wildman–Crippen LogP) is 3.85. The fourth-order valence-electron chi connectivity index (χ4n) is 7.03. The van der Waals surface area contributed by atoms with Crippen LogP contribution in [0.2, 0.25) is 0 Å². The van der Waals surface area contributed by atoms with Crippen molar-refractivity contribution in [3.8, 4) is 11.5 Å². The van der Waals surface area contributed by atoms with Gasteiger partial charge in [-0.1, -0.05) is 18.6 Å². The Morgan fingerprint density at radius 1 is 1.07 bits per heavy atom. The summed E-state index contributed by atoms with van der Waals surface area (Å²) in [4.78, 5) is 59.3. The maximum atomic E-state index is 14.1. The highest BCUT2D eigenvalue weighted by molar-refractivity contribution is 7.92. The molecule has 12 nitrogen and oxygen atoms in total. The Kier molecular flexibility index (Phi) is 8.81. The maximum absolute atomic E-state index is 14.1. The number of ketones is 2. The Morgan fingerprint density at radius 2 is 1.76 bits per heavy atom. The van der Waals surface area contributed by atoms with E-state index in [9.17, 15) is 27.6 Å². The summed E-state index contributed by atoms with van der Waals surface area (Å²) in [7, 11) is -1.96. The van der Waals surface area contributed by atoms with E-state index in [1.165, 1.54) is 4.90 Å². The number of allylic oxidation sites excluding steroid dienone is 2. The zero-order valence-electron chi connectivity index (χ0n) is 26.7. The second kappa shape index (κ2) is 12.5. The van der Waals surface area contributed by atoms with Crippen LogP contribution in [0.25, 0.3) is 0 Å². The van der Waals surface area contributed by atoms with Gasteiger partial charge in [0.15, 0.2) is 32.9 Å². The third-order valence-corrected chi connectivity index (χ3v) is 12.2. The molecule has 1 aromatic rings. The van der Waals surface area contributed by atoms with Crippen LogP contribution in [-0.4, -0.2) is 96.9 Å². The molecule has 0 N–H and O–H groups in total. The second-order valence-electron chi connectivity index (χ2n) is 13.6. The predicted molar refractivity (Wildman–Crippen MR) is 167 cm³/mol. The van der Waals surface area contributed by atoms with Crippen LogP contribution >= 0.6 is 0 Å². The first kappa shape index (κ1) is 32.3. The number of ether oxygens (including phenoxy) is 3. The van der Waals surface area contributed by atoms with E-state index in [1.807, 2.05) is 24.3 Å². The molecule has 4 atom stereocenters. The van der Waals surface area contributed by atoms with Crippen molar-refractivity contribution in [2.45, 2.75) is 89.3 Å². The van der Waals surface area contributed by atoms with E-state index in [2.05, 4.69) is 0 Å². The summed E-state index contributed by atoms with van der Waals surface area (Å²) < 4.78 is 42.3. The molecule has 4 heterocycles. The van der Waals surface area contributed by atoms with E-state index in [1.54, 1.807) is 30.7 Å². The van der Waals surface area contributed by atoms with E-state index in [-0.39, 0.29) is 43.9 Å². The molecule has 5 aliphatic rings. The Balaban J connectivity index is 1.19. The highest BCUT2D eigenvalue weighted by Gasteiger charge is 2.60. The highest BCUT2D eigenvalue weighted by atomic mass is 32.2. The highest BCUT2D eigenvalue weighted by Crippen LogP contribution is 2.57. The lowest BCUT2D eigenvalue weighted by molar-refractivity contribution is -0.130. The number of amides is 3. The number of Topliss-reactive ketones (excluding diaryl/α,β-unsaturated/α-hetero) is 2. The van der Waals surface area contributed by atoms with Crippen LogP contribution < -0.4 is 9.47 Å². The molecule has 13 heteroatoms. The molecule has 250 valence electrons. The van der Waals surface area contributed by atoms with Crippen molar-refractivity contribution >= 4 is 33.5 Å². The van der Waals surface area contributed by atoms with Gasteiger partial charge >= 0.3 is 12.1 Å². The number of nitrogens with zero attached hydrogens (tertiary/aromatic N) is 3. The summed E-state index contributed by atoms with van der Waals surface area (Å²) in [5.41, 5.74) is 0.768. The van der Waals surface area contributed by atoms with Gasteiger partial charge in [-0.15, -0.1) is 0 Å². The van der Waals surface area contributed by atoms with Gasteiger partial charge < -0.3 is 24.0 Å². The number of hydrogen-bond acceptors (Lipinski definition) is 9. The van der Waals surface area contributed by atoms with Gasteiger partial charge in [0, 0.05) is 44.9 Å². The van der Waals surface area contributed by atoms with Crippen molar-refractivity contribution in [3.63, 3.8) is 0 Å². The SMILES string of the molecule is CC(C)S(=O)(=O)CC(=O)[C@]12CC(=O)[C@@H]3CC(OC(=O)N4Cc5cc6c(cc5C4)OCO6)CN3C(=O)N(C)CCCCC/C=C\[C@@H]1C2. The molecule has 1 unspecified atom stereocenters. The summed E-state index contributed by atoms with van der Waals surface area (Å²) in [6, 6.07) is 2.51. The number of sulfone groups is 1. The molecule has 6 rings (SSSR count). The first-order valence-electron chi connectivity index (χ1n) is 16.2. The van der Waals surface area contributed by atoms with Crippen LogP contribution in [0, 0.1) is 11.3 Å². The van der Waals surface area contributed by atoms with E-state index in [0.29, 0.717) is 37.6 Å². The van der Waals surface area contributed by atoms with Gasteiger partial charge in [-0.05, 0) is 68.7 Å². The van der Waals surface area contributed by atoms with Crippen LogP contribution in [0.1, 0.15) is 69.9 Å². The Labute approximate surface area is 269 Å². The normalized spacial score (nSPS) is 28.7. The lowest BCUT2D eigenvalue weighted by Gasteiger charge is -2.29. The molecule has 46 heavy (non-hydrogen) atoms. The van der Waals surface area contributed by atoms with Gasteiger partial charge in [-0.25, -0.2) is 18.0 Å². The molecule has 2 fully saturated rings. The van der Waals surface area contributed by atoms with Crippen molar-refractivity contribution in [2.75, 3.05) is 32.7 Å². The zero-order chi connectivity index (χ0) is 32.8. The third-order valence-electron chi connectivity index (χ3n) is 10.1. The number of benzene rings is 1. The Hall–Kier alpha value is -3.61. The van der Waals surface area contributed by atoms with Crippen LogP contribution in [0.5, 0.6) is 11.5 Å². The zero-order valence-corrected chi connectivity index (χ0v) is 27.6. The number of rotatable bonds is 5. The lowest BCUT2D eigenvalue weighted by atomic mass is 9.89. The monoisotopic (exact) mass is 657 g/mol. The van der Waals surface area contributed by atoms with Crippen molar-refractivity contribution in [1.29, 1.82) is 0 Å². The topological polar surface area (TPSA) is 140 Å². The largest absolute Gasteiger partial charge is 0.454 e. The second-order valence-corrected chi connectivity index (χ2v) is 16.2. The van der Waals surface area contributed by atoms with Gasteiger partial charge in [0.2, 0.25) is 6.79 Å². The number of hydrogen-bond donors (Lipinski definition) is 0. The number of carbonyl (C=O) groups is 4. The lowest BCUT2D eigenvalue weighted by Crippen LogP contribution is -2.48. The molecular formula is C33H43N3O9S. The fraction of sp³-hybridized carbons (Fsp3) is 0.636. The van der Waals surface area contributed by atoms with Gasteiger partial charge in [-0.3, -0.25) is 14.5 Å². The molecule has 0 aromatic heterocycles. The number of urea groups is 1. The van der Waals surface area contributed by atoms with Crippen LogP contribution in [0.3, 0.4) is 0 Å². The average Bonchev–Trinajstić information content (AvgIpc) is 3.37. The number of carbonyl (C=O) groups excluding carboxylic acids is 4. The summed E-state index contributed by atoms with van der Waals surface area (Å²) in [5.74, 6) is -0.321. The Morgan fingerprint density at radius 3 is 2.43 bits per heavy atom.